The summed E-state index contributed by atoms with van der Waals surface area (Å²) in [5.74, 6) is 2.11. The zero-order valence-electron chi connectivity index (χ0n) is 22.9. The van der Waals surface area contributed by atoms with Gasteiger partial charge in [0.25, 0.3) is 5.56 Å². The van der Waals surface area contributed by atoms with E-state index in [9.17, 15) is 4.79 Å². The molecule has 0 aliphatic carbocycles. The highest BCUT2D eigenvalue weighted by atomic mass is 32.1. The first-order chi connectivity index (χ1) is 20.1. The molecule has 0 fully saturated rings. The zero-order chi connectivity index (χ0) is 28.2. The van der Waals surface area contributed by atoms with Gasteiger partial charge in [-0.2, -0.15) is 14.6 Å². The van der Waals surface area contributed by atoms with E-state index in [1.54, 1.807) is 0 Å². The van der Waals surface area contributed by atoms with Crippen molar-refractivity contribution in [1.29, 1.82) is 0 Å². The third-order valence-electron chi connectivity index (χ3n) is 6.55. The maximum Gasteiger partial charge on any atom is 0.291 e. The molecule has 0 aliphatic rings. The summed E-state index contributed by atoms with van der Waals surface area (Å²) in [6.07, 6.45) is 5.91. The van der Waals surface area contributed by atoms with Crippen molar-refractivity contribution in [2.45, 2.75) is 26.7 Å². The molecule has 0 saturated carbocycles. The number of hydrogen-bond donors (Lipinski definition) is 0. The van der Waals surface area contributed by atoms with Crippen LogP contribution in [0.1, 0.15) is 32.3 Å². The summed E-state index contributed by atoms with van der Waals surface area (Å²) in [6, 6.07) is 25.4. The van der Waals surface area contributed by atoms with E-state index in [2.05, 4.69) is 17.0 Å². The lowest BCUT2D eigenvalue weighted by molar-refractivity contribution is 0.309. The monoisotopic (exact) mass is 563 g/mol. The van der Waals surface area contributed by atoms with Crippen LogP contribution in [-0.4, -0.2) is 37.6 Å². The van der Waals surface area contributed by atoms with Gasteiger partial charge in [-0.3, -0.25) is 4.79 Å². The number of aromatic nitrogens is 5. The van der Waals surface area contributed by atoms with Crippen LogP contribution in [0.5, 0.6) is 11.5 Å². The van der Waals surface area contributed by atoms with Crippen LogP contribution >= 0.6 is 11.3 Å². The summed E-state index contributed by atoms with van der Waals surface area (Å²) >= 11 is 1.31. The van der Waals surface area contributed by atoms with Crippen molar-refractivity contribution >= 4 is 22.4 Å². The minimum Gasteiger partial charge on any atom is -0.494 e. The Morgan fingerprint density at radius 1 is 0.854 bits per heavy atom. The van der Waals surface area contributed by atoms with Crippen LogP contribution in [0, 0.1) is 0 Å². The summed E-state index contributed by atoms with van der Waals surface area (Å²) in [4.78, 5) is 18.6. The second-order valence-corrected chi connectivity index (χ2v) is 10.5. The molecule has 6 aromatic rings. The van der Waals surface area contributed by atoms with Crippen molar-refractivity contribution < 1.29 is 9.47 Å². The fourth-order valence-corrected chi connectivity index (χ4v) is 5.34. The lowest BCUT2D eigenvalue weighted by Crippen LogP contribution is -2.23. The largest absolute Gasteiger partial charge is 0.494 e. The molecule has 3 heterocycles. The van der Waals surface area contributed by atoms with E-state index in [0.29, 0.717) is 28.5 Å². The van der Waals surface area contributed by atoms with Gasteiger partial charge in [-0.15, -0.1) is 5.10 Å². The Balaban J connectivity index is 1.37. The summed E-state index contributed by atoms with van der Waals surface area (Å²) in [5, 5.41) is 9.40. The summed E-state index contributed by atoms with van der Waals surface area (Å²) < 4.78 is 15.1. The number of benzene rings is 3. The van der Waals surface area contributed by atoms with E-state index in [1.165, 1.54) is 15.9 Å². The molecule has 0 amide bonds. The predicted molar refractivity (Wildman–Crippen MR) is 162 cm³/mol. The molecule has 0 radical (unpaired) electrons. The summed E-state index contributed by atoms with van der Waals surface area (Å²) in [6.45, 7) is 5.38. The molecular formula is C32H29N5O3S. The first-order valence-electron chi connectivity index (χ1n) is 13.7. The lowest BCUT2D eigenvalue weighted by atomic mass is 10.1. The van der Waals surface area contributed by atoms with Crippen molar-refractivity contribution in [2.75, 3.05) is 13.2 Å². The van der Waals surface area contributed by atoms with E-state index in [-0.39, 0.29) is 5.56 Å². The van der Waals surface area contributed by atoms with Crippen LogP contribution in [0.25, 0.3) is 39.4 Å². The van der Waals surface area contributed by atoms with E-state index in [0.717, 1.165) is 52.4 Å². The molecule has 9 heteroatoms. The number of rotatable bonds is 10. The Bertz CT molecular complexity index is 1870. The molecule has 0 atom stereocenters. The van der Waals surface area contributed by atoms with Crippen LogP contribution in [0.15, 0.2) is 89.9 Å². The number of ether oxygens (including phenoxy) is 2. The molecule has 3 aromatic heterocycles. The average Bonchev–Trinajstić information content (AvgIpc) is 3.70. The van der Waals surface area contributed by atoms with Crippen molar-refractivity contribution in [2.24, 2.45) is 0 Å². The van der Waals surface area contributed by atoms with Crippen LogP contribution in [0.2, 0.25) is 0 Å². The SMILES string of the molecule is CCCCOc1ccc(-c2nn(-c3ccccc3)cc2C=c2sc3nc(-c4ccc(OCC)cc4)nn3c2=O)cc1. The van der Waals surface area contributed by atoms with Crippen LogP contribution < -0.4 is 19.6 Å². The summed E-state index contributed by atoms with van der Waals surface area (Å²) in [5.41, 5.74) is 4.05. The van der Waals surface area contributed by atoms with Gasteiger partial charge >= 0.3 is 0 Å². The van der Waals surface area contributed by atoms with E-state index in [1.807, 2.05) is 103 Å². The minimum atomic E-state index is -0.215. The number of fused-ring (bicyclic) bond motifs is 1. The molecule has 41 heavy (non-hydrogen) atoms. The lowest BCUT2D eigenvalue weighted by Gasteiger charge is -2.06. The van der Waals surface area contributed by atoms with Gasteiger partial charge in [0, 0.05) is 22.9 Å². The Kier molecular flexibility index (Phi) is 7.60. The second kappa shape index (κ2) is 11.8. The highest BCUT2D eigenvalue weighted by Gasteiger charge is 2.15. The van der Waals surface area contributed by atoms with Crippen LogP contribution in [-0.2, 0) is 0 Å². The molecule has 6 rings (SSSR count). The Morgan fingerprint density at radius 3 is 2.24 bits per heavy atom. The van der Waals surface area contributed by atoms with Gasteiger partial charge < -0.3 is 9.47 Å². The third-order valence-corrected chi connectivity index (χ3v) is 7.51. The van der Waals surface area contributed by atoms with Gasteiger partial charge in [0.1, 0.15) is 17.2 Å². The normalized spacial score (nSPS) is 11.8. The topological polar surface area (TPSA) is 83.5 Å². The van der Waals surface area contributed by atoms with Gasteiger partial charge in [0.05, 0.1) is 23.4 Å². The molecule has 0 saturated heterocycles. The fraction of sp³-hybridized carbons (Fsp3) is 0.188. The first kappa shape index (κ1) is 26.5. The van der Waals surface area contributed by atoms with E-state index < -0.39 is 0 Å². The summed E-state index contributed by atoms with van der Waals surface area (Å²) in [7, 11) is 0. The molecule has 206 valence electrons. The third kappa shape index (κ3) is 5.62. The van der Waals surface area contributed by atoms with Crippen molar-refractivity contribution in [3.05, 3.63) is 106 Å². The molecule has 8 nitrogen and oxygen atoms in total. The quantitative estimate of drug-likeness (QED) is 0.196. The average molecular weight is 564 g/mol. The number of nitrogens with zero attached hydrogens (tertiary/aromatic N) is 5. The van der Waals surface area contributed by atoms with Gasteiger partial charge in [-0.1, -0.05) is 42.9 Å². The Labute approximate surface area is 241 Å². The van der Waals surface area contributed by atoms with Crippen LogP contribution in [0.3, 0.4) is 0 Å². The van der Waals surface area contributed by atoms with Gasteiger partial charge in [-0.05, 0) is 80.1 Å². The fourth-order valence-electron chi connectivity index (χ4n) is 4.44. The predicted octanol–water partition coefficient (Wildman–Crippen LogP) is 5.80. The standard InChI is InChI=1S/C32H29N5O3S/c1-3-5-19-40-27-15-11-22(12-16-27)29-24(21-36(34-29)25-9-7-6-8-10-25)20-28-31(38)37-32(41-28)33-30(35-37)23-13-17-26(18-14-23)39-4-2/h6-18,20-21H,3-5,19H2,1-2H3. The maximum absolute atomic E-state index is 13.4. The molecular weight excluding hydrogens is 534 g/mol. The Morgan fingerprint density at radius 2 is 1.56 bits per heavy atom. The second-order valence-electron chi connectivity index (χ2n) is 9.44. The number of thiazole rings is 1. The highest BCUT2D eigenvalue weighted by molar-refractivity contribution is 7.15. The number of para-hydroxylation sites is 1. The number of unbranched alkanes of at least 4 members (excludes halogenated alkanes) is 1. The first-order valence-corrected chi connectivity index (χ1v) is 14.5. The van der Waals surface area contributed by atoms with E-state index in [4.69, 9.17) is 14.6 Å². The molecule has 0 N–H and O–H groups in total. The van der Waals surface area contributed by atoms with E-state index >= 15 is 0 Å². The number of hydrogen-bond acceptors (Lipinski definition) is 7. The maximum atomic E-state index is 13.4. The van der Waals surface area contributed by atoms with Crippen molar-refractivity contribution in [3.8, 4) is 39.8 Å². The molecule has 0 unspecified atom stereocenters. The molecule has 0 bridgehead atoms. The van der Waals surface area contributed by atoms with Crippen molar-refractivity contribution in [3.63, 3.8) is 0 Å². The Hall–Kier alpha value is -4.76. The molecule has 0 spiro atoms. The molecule has 0 aliphatic heterocycles. The van der Waals surface area contributed by atoms with Crippen molar-refractivity contribution in [1.82, 2.24) is 24.4 Å². The molecule has 3 aromatic carbocycles. The minimum absolute atomic E-state index is 0.215. The van der Waals surface area contributed by atoms with Crippen LogP contribution in [0.4, 0.5) is 0 Å². The van der Waals surface area contributed by atoms with Gasteiger partial charge in [0.15, 0.2) is 5.82 Å². The van der Waals surface area contributed by atoms with Gasteiger partial charge in [-0.25, -0.2) is 4.68 Å². The highest BCUT2D eigenvalue weighted by Crippen LogP contribution is 2.27. The smallest absolute Gasteiger partial charge is 0.291 e. The van der Waals surface area contributed by atoms with Gasteiger partial charge in [0.2, 0.25) is 4.96 Å². The zero-order valence-corrected chi connectivity index (χ0v) is 23.7.